The van der Waals surface area contributed by atoms with E-state index < -0.39 is 10.5 Å². The van der Waals surface area contributed by atoms with E-state index in [2.05, 4.69) is 31.6 Å². The summed E-state index contributed by atoms with van der Waals surface area (Å²) in [5, 5.41) is 2.11. The Kier molecular flexibility index (Phi) is 6.15. The number of hydrogen-bond acceptors (Lipinski definition) is 5. The zero-order chi connectivity index (χ0) is 27.3. The third kappa shape index (κ3) is 4.45. The second-order valence-corrected chi connectivity index (χ2v) is 11.0. The summed E-state index contributed by atoms with van der Waals surface area (Å²) in [6.45, 7) is 2.09. The normalized spacial score (nSPS) is 14.1. The van der Waals surface area contributed by atoms with Gasteiger partial charge < -0.3 is 13.7 Å². The van der Waals surface area contributed by atoms with Crippen LogP contribution in [0.3, 0.4) is 0 Å². The summed E-state index contributed by atoms with van der Waals surface area (Å²) in [5.74, 6) is 2.44. The number of rotatable bonds is 7. The first-order valence-electron chi connectivity index (χ1n) is 13.0. The summed E-state index contributed by atoms with van der Waals surface area (Å²) >= 11 is 0. The number of aromatic nitrogens is 3. The van der Waals surface area contributed by atoms with Crippen LogP contribution in [-0.4, -0.2) is 23.0 Å². The Morgan fingerprint density at radius 1 is 1.18 bits per heavy atom. The minimum Gasteiger partial charge on any atom is -0.357 e. The Morgan fingerprint density at radius 2 is 2.00 bits per heavy atom. The first kappa shape index (κ1) is 25.1. The van der Waals surface area contributed by atoms with Crippen LogP contribution in [0.5, 0.6) is 5.75 Å². The molecule has 5 aromatic rings. The predicted octanol–water partition coefficient (Wildman–Crippen LogP) is 6.34. The van der Waals surface area contributed by atoms with Crippen molar-refractivity contribution in [2.24, 2.45) is 0 Å². The minimum atomic E-state index is -5.20. The Balaban J connectivity index is 1.68. The van der Waals surface area contributed by atoms with Gasteiger partial charge >= 0.3 is 10.5 Å². The van der Waals surface area contributed by atoms with Crippen LogP contribution in [-0.2, 0) is 16.9 Å². The topological polar surface area (TPSA) is 94.1 Å². The van der Waals surface area contributed by atoms with E-state index in [-0.39, 0.29) is 17.2 Å². The third-order valence-electron chi connectivity index (χ3n) is 7.60. The molecule has 1 aliphatic carbocycles. The lowest BCUT2D eigenvalue weighted by Gasteiger charge is -2.31. The molecule has 0 saturated heterocycles. The molecule has 39 heavy (non-hydrogen) atoms. The molecule has 0 unspecified atom stereocenters. The summed E-state index contributed by atoms with van der Waals surface area (Å²) in [6, 6.07) is 11.2. The Bertz CT molecular complexity index is 1980. The predicted molar refractivity (Wildman–Crippen MR) is 151 cm³/mol. The standard InChI is InChI=1S/C30H26FN3O4S/c1-3-5-7-19-14-25-27(15-24(19)20-13-22(17-32-16-20)38-39(31,36)37)34(21-8-6-9-21)30-28(29(25)35)23-11-10-18(4-2)12-26(23)33-30/h2,10-17,21,33H,3,5-9H2,1H3. The van der Waals surface area contributed by atoms with Crippen LogP contribution >= 0.6 is 0 Å². The lowest BCUT2D eigenvalue weighted by Crippen LogP contribution is -2.21. The van der Waals surface area contributed by atoms with E-state index >= 15 is 0 Å². The van der Waals surface area contributed by atoms with Crippen molar-refractivity contribution in [2.75, 3.05) is 0 Å². The van der Waals surface area contributed by atoms with Gasteiger partial charge in [-0.2, -0.15) is 8.42 Å². The Labute approximate surface area is 225 Å². The van der Waals surface area contributed by atoms with Gasteiger partial charge in [-0.25, -0.2) is 0 Å². The fourth-order valence-electron chi connectivity index (χ4n) is 5.55. The molecule has 1 N–H and O–H groups in total. The largest absolute Gasteiger partial charge is 0.488 e. The molecule has 0 bridgehead atoms. The second-order valence-electron chi connectivity index (χ2n) is 10.1. The number of pyridine rings is 2. The van der Waals surface area contributed by atoms with Crippen molar-refractivity contribution in [3.05, 3.63) is 70.1 Å². The van der Waals surface area contributed by atoms with Crippen LogP contribution in [0.4, 0.5) is 3.89 Å². The van der Waals surface area contributed by atoms with E-state index in [0.29, 0.717) is 22.8 Å². The van der Waals surface area contributed by atoms with Crippen LogP contribution < -0.4 is 9.61 Å². The van der Waals surface area contributed by atoms with E-state index in [0.717, 1.165) is 77.1 Å². The van der Waals surface area contributed by atoms with E-state index in [9.17, 15) is 17.1 Å². The molecular formula is C30H26FN3O4S. The van der Waals surface area contributed by atoms with Crippen molar-refractivity contribution in [1.29, 1.82) is 0 Å². The molecule has 1 saturated carbocycles. The van der Waals surface area contributed by atoms with Gasteiger partial charge in [-0.15, -0.1) is 6.42 Å². The lowest BCUT2D eigenvalue weighted by molar-refractivity contribution is 0.327. The van der Waals surface area contributed by atoms with Gasteiger partial charge in [0.05, 0.1) is 17.1 Å². The van der Waals surface area contributed by atoms with Gasteiger partial charge in [0, 0.05) is 39.7 Å². The molecule has 198 valence electrons. The smallest absolute Gasteiger partial charge is 0.357 e. The highest BCUT2D eigenvalue weighted by molar-refractivity contribution is 7.81. The number of aryl methyl sites for hydroxylation is 1. The number of aromatic amines is 1. The quantitative estimate of drug-likeness (QED) is 0.191. The Hall–Kier alpha value is -4.16. The highest BCUT2D eigenvalue weighted by Crippen LogP contribution is 2.40. The molecular weight excluding hydrogens is 517 g/mol. The van der Waals surface area contributed by atoms with Gasteiger partial charge in [-0.05, 0) is 73.6 Å². The van der Waals surface area contributed by atoms with Crippen molar-refractivity contribution in [3.63, 3.8) is 0 Å². The van der Waals surface area contributed by atoms with Gasteiger partial charge in [-0.1, -0.05) is 29.2 Å². The highest BCUT2D eigenvalue weighted by atomic mass is 32.3. The van der Waals surface area contributed by atoms with Crippen LogP contribution in [0.15, 0.2) is 53.6 Å². The van der Waals surface area contributed by atoms with E-state index in [4.69, 9.17) is 6.42 Å². The number of benzene rings is 2. The van der Waals surface area contributed by atoms with Crippen molar-refractivity contribution >= 4 is 43.3 Å². The molecule has 0 atom stereocenters. The average Bonchev–Trinajstić information content (AvgIpc) is 3.26. The van der Waals surface area contributed by atoms with E-state index in [1.54, 1.807) is 6.20 Å². The molecule has 9 heteroatoms. The van der Waals surface area contributed by atoms with Crippen molar-refractivity contribution < 1.29 is 16.5 Å². The fourth-order valence-corrected chi connectivity index (χ4v) is 5.87. The van der Waals surface area contributed by atoms with Gasteiger partial charge in [0.15, 0.2) is 11.2 Å². The summed E-state index contributed by atoms with van der Waals surface area (Å²) in [7, 11) is -5.20. The molecule has 0 spiro atoms. The monoisotopic (exact) mass is 543 g/mol. The number of fused-ring (bicyclic) bond motifs is 4. The molecule has 6 rings (SSSR count). The molecule has 3 heterocycles. The number of terminal acetylenes is 1. The maximum atomic E-state index is 14.1. The molecule has 1 fully saturated rings. The van der Waals surface area contributed by atoms with E-state index in [1.807, 2.05) is 30.3 Å². The fraction of sp³-hybridized carbons (Fsp3) is 0.267. The van der Waals surface area contributed by atoms with Crippen LogP contribution in [0, 0.1) is 12.3 Å². The highest BCUT2D eigenvalue weighted by Gasteiger charge is 2.26. The van der Waals surface area contributed by atoms with Crippen LogP contribution in [0.25, 0.3) is 44.0 Å². The zero-order valence-corrected chi connectivity index (χ0v) is 22.1. The average molecular weight is 544 g/mol. The first-order chi connectivity index (χ1) is 18.8. The first-order valence-corrected chi connectivity index (χ1v) is 14.3. The third-order valence-corrected chi connectivity index (χ3v) is 7.99. The Morgan fingerprint density at radius 3 is 2.69 bits per heavy atom. The molecule has 1 aliphatic rings. The molecule has 0 radical (unpaired) electrons. The maximum absolute atomic E-state index is 14.1. The number of H-pyrrole nitrogens is 1. The minimum absolute atomic E-state index is 0.0571. The van der Waals surface area contributed by atoms with Crippen LogP contribution in [0.1, 0.15) is 56.2 Å². The van der Waals surface area contributed by atoms with Crippen molar-refractivity contribution in [2.45, 2.75) is 51.5 Å². The lowest BCUT2D eigenvalue weighted by atomic mass is 9.90. The van der Waals surface area contributed by atoms with E-state index in [1.165, 1.54) is 6.07 Å². The summed E-state index contributed by atoms with van der Waals surface area (Å²) in [6.07, 6.45) is 14.0. The number of nitrogens with one attached hydrogen (secondary N) is 1. The molecule has 3 aromatic heterocycles. The van der Waals surface area contributed by atoms with Crippen LogP contribution in [0.2, 0.25) is 0 Å². The second kappa shape index (κ2) is 9.54. The zero-order valence-electron chi connectivity index (χ0n) is 21.3. The molecule has 0 aliphatic heterocycles. The van der Waals surface area contributed by atoms with Crippen molar-refractivity contribution in [1.82, 2.24) is 14.5 Å². The summed E-state index contributed by atoms with van der Waals surface area (Å²) in [4.78, 5) is 21.6. The summed E-state index contributed by atoms with van der Waals surface area (Å²) < 4.78 is 42.1. The maximum Gasteiger partial charge on any atom is 0.488 e. The van der Waals surface area contributed by atoms with Gasteiger partial charge in [0.1, 0.15) is 5.65 Å². The molecule has 0 amide bonds. The van der Waals surface area contributed by atoms with Gasteiger partial charge in [0.25, 0.3) is 0 Å². The van der Waals surface area contributed by atoms with Crippen molar-refractivity contribution in [3.8, 4) is 29.2 Å². The molecule has 2 aromatic carbocycles. The van der Waals surface area contributed by atoms with Gasteiger partial charge in [0.2, 0.25) is 0 Å². The number of nitrogens with zero attached hydrogens (tertiary/aromatic N) is 2. The summed E-state index contributed by atoms with van der Waals surface area (Å²) in [5.41, 5.74) is 5.32. The number of hydrogen-bond donors (Lipinski definition) is 1. The number of halogens is 1. The SMILES string of the molecule is C#Cc1ccc2c(c1)[nH]c1c2c(=O)c2cc(CCCC)c(-c3cncc(OS(=O)(=O)F)c3)cc2n1C1CCC1. The van der Waals surface area contributed by atoms with Gasteiger partial charge in [-0.3, -0.25) is 9.78 Å². The number of unbranched alkanes of at least 4 members (excludes halogenated alkanes) is 1. The molecule has 7 nitrogen and oxygen atoms in total.